The maximum atomic E-state index is 11.4. The van der Waals surface area contributed by atoms with Crippen molar-refractivity contribution in [3.8, 4) is 0 Å². The molecule has 0 atom stereocenters. The van der Waals surface area contributed by atoms with Gasteiger partial charge in [-0.3, -0.25) is 9.69 Å². The number of likely N-dealkylation sites (N-methyl/N-ethyl adjacent to an activating group) is 1. The maximum Gasteiger partial charge on any atom is 0.320 e. The lowest BCUT2D eigenvalue weighted by molar-refractivity contribution is -0.144. The molecule has 0 aliphatic carbocycles. The summed E-state index contributed by atoms with van der Waals surface area (Å²) in [6.07, 6.45) is 3.97. The molecule has 2 aromatic heterocycles. The first-order valence-corrected chi connectivity index (χ1v) is 6.37. The van der Waals surface area contributed by atoms with Gasteiger partial charge in [-0.05, 0) is 32.5 Å². The van der Waals surface area contributed by atoms with Crippen molar-refractivity contribution in [1.29, 1.82) is 0 Å². The monoisotopic (exact) mass is 261 g/mol. The largest absolute Gasteiger partial charge is 0.465 e. The van der Waals surface area contributed by atoms with E-state index in [-0.39, 0.29) is 12.5 Å². The zero-order valence-corrected chi connectivity index (χ0v) is 11.6. The molecule has 19 heavy (non-hydrogen) atoms. The second-order valence-corrected chi connectivity index (χ2v) is 4.63. The van der Waals surface area contributed by atoms with E-state index in [2.05, 4.69) is 4.98 Å². The van der Waals surface area contributed by atoms with Crippen LogP contribution < -0.4 is 0 Å². The summed E-state index contributed by atoms with van der Waals surface area (Å²) >= 11 is 0. The van der Waals surface area contributed by atoms with Crippen LogP contribution in [-0.2, 0) is 16.1 Å². The predicted molar refractivity (Wildman–Crippen MR) is 72.9 cm³/mol. The number of aryl methyl sites for hydroxylation is 1. The zero-order valence-electron chi connectivity index (χ0n) is 11.6. The van der Waals surface area contributed by atoms with E-state index in [1.165, 1.54) is 0 Å². The van der Waals surface area contributed by atoms with E-state index in [0.717, 1.165) is 16.9 Å². The molecule has 2 rings (SSSR count). The summed E-state index contributed by atoms with van der Waals surface area (Å²) in [6.45, 7) is 5.16. The number of ether oxygens (including phenoxy) is 1. The van der Waals surface area contributed by atoms with Gasteiger partial charge in [0.1, 0.15) is 5.65 Å². The Kier molecular flexibility index (Phi) is 4.16. The van der Waals surface area contributed by atoms with Crippen LogP contribution in [0.15, 0.2) is 24.5 Å². The van der Waals surface area contributed by atoms with Gasteiger partial charge in [0.15, 0.2) is 0 Å². The molecule has 0 amide bonds. The van der Waals surface area contributed by atoms with Crippen LogP contribution in [0.5, 0.6) is 0 Å². The topological polar surface area (TPSA) is 46.8 Å². The van der Waals surface area contributed by atoms with Gasteiger partial charge in [0, 0.05) is 18.9 Å². The fourth-order valence-corrected chi connectivity index (χ4v) is 2.04. The maximum absolute atomic E-state index is 11.4. The number of carbonyl (C=O) groups excluding carboxylic acids is 1. The number of carbonyl (C=O) groups is 1. The van der Waals surface area contributed by atoms with Gasteiger partial charge in [0.2, 0.25) is 0 Å². The molecule has 0 saturated heterocycles. The van der Waals surface area contributed by atoms with Crippen molar-refractivity contribution in [3.63, 3.8) is 0 Å². The lowest BCUT2D eigenvalue weighted by atomic mass is 10.3. The van der Waals surface area contributed by atoms with Crippen LogP contribution in [0.4, 0.5) is 0 Å². The van der Waals surface area contributed by atoms with Gasteiger partial charge in [-0.15, -0.1) is 0 Å². The van der Waals surface area contributed by atoms with Crippen LogP contribution in [0.1, 0.15) is 18.2 Å². The molecule has 0 spiro atoms. The molecule has 0 aliphatic heterocycles. The van der Waals surface area contributed by atoms with E-state index in [9.17, 15) is 4.79 Å². The second kappa shape index (κ2) is 5.84. The third-order valence-electron chi connectivity index (χ3n) is 2.86. The van der Waals surface area contributed by atoms with Crippen molar-refractivity contribution in [1.82, 2.24) is 14.3 Å². The minimum atomic E-state index is -0.204. The van der Waals surface area contributed by atoms with Crippen molar-refractivity contribution in [3.05, 3.63) is 35.8 Å². The van der Waals surface area contributed by atoms with Crippen LogP contribution in [0.25, 0.3) is 5.65 Å². The van der Waals surface area contributed by atoms with E-state index in [1.54, 1.807) is 0 Å². The molecule has 2 heterocycles. The second-order valence-electron chi connectivity index (χ2n) is 4.63. The summed E-state index contributed by atoms with van der Waals surface area (Å²) < 4.78 is 6.92. The van der Waals surface area contributed by atoms with E-state index in [4.69, 9.17) is 4.74 Å². The lowest BCUT2D eigenvalue weighted by Gasteiger charge is -2.13. The van der Waals surface area contributed by atoms with Crippen LogP contribution >= 0.6 is 0 Å². The minimum Gasteiger partial charge on any atom is -0.465 e. The summed E-state index contributed by atoms with van der Waals surface area (Å²) in [4.78, 5) is 17.9. The average molecular weight is 261 g/mol. The standard InChI is InChI=1S/C14H19N3O2/c1-4-19-13(18)10-16(3)8-12-9-17-7-5-6-11(2)14(17)15-12/h5-7,9H,4,8,10H2,1-3H3. The highest BCUT2D eigenvalue weighted by Crippen LogP contribution is 2.11. The van der Waals surface area contributed by atoms with Crippen LogP contribution in [0, 0.1) is 6.92 Å². The van der Waals surface area contributed by atoms with Crippen molar-refractivity contribution in [2.75, 3.05) is 20.2 Å². The number of fused-ring (bicyclic) bond motifs is 1. The van der Waals surface area contributed by atoms with E-state index >= 15 is 0 Å². The summed E-state index contributed by atoms with van der Waals surface area (Å²) in [5, 5.41) is 0. The summed E-state index contributed by atoms with van der Waals surface area (Å²) in [5.74, 6) is -0.204. The molecule has 5 nitrogen and oxygen atoms in total. The normalized spacial score (nSPS) is 11.2. The van der Waals surface area contributed by atoms with Crippen LogP contribution in [0.3, 0.4) is 0 Å². The average Bonchev–Trinajstić information content (AvgIpc) is 2.72. The van der Waals surface area contributed by atoms with Crippen molar-refractivity contribution in [2.24, 2.45) is 0 Å². The Balaban J connectivity index is 2.05. The number of hydrogen-bond acceptors (Lipinski definition) is 4. The molecular formula is C14H19N3O2. The molecule has 5 heteroatoms. The molecule has 0 fully saturated rings. The highest BCUT2D eigenvalue weighted by atomic mass is 16.5. The van der Waals surface area contributed by atoms with Gasteiger partial charge in [0.25, 0.3) is 0 Å². The van der Waals surface area contributed by atoms with Crippen molar-refractivity contribution in [2.45, 2.75) is 20.4 Å². The number of esters is 1. The molecule has 0 saturated carbocycles. The molecule has 0 aliphatic rings. The first-order valence-electron chi connectivity index (χ1n) is 6.37. The molecule has 2 aromatic rings. The van der Waals surface area contributed by atoms with Crippen molar-refractivity contribution >= 4 is 11.6 Å². The van der Waals surface area contributed by atoms with Gasteiger partial charge < -0.3 is 9.14 Å². The molecule has 0 bridgehead atoms. The molecule has 102 valence electrons. The SMILES string of the molecule is CCOC(=O)CN(C)Cc1cn2cccc(C)c2n1. The smallest absolute Gasteiger partial charge is 0.320 e. The Bertz CT molecular complexity index is 577. The van der Waals surface area contributed by atoms with Gasteiger partial charge >= 0.3 is 5.97 Å². The Hall–Kier alpha value is -1.88. The number of pyridine rings is 1. The Labute approximate surface area is 112 Å². The molecule has 0 N–H and O–H groups in total. The third kappa shape index (κ3) is 3.32. The van der Waals surface area contributed by atoms with Gasteiger partial charge in [-0.25, -0.2) is 4.98 Å². The van der Waals surface area contributed by atoms with Crippen LogP contribution in [-0.4, -0.2) is 40.5 Å². The van der Waals surface area contributed by atoms with E-state index in [0.29, 0.717) is 13.2 Å². The number of aromatic nitrogens is 2. The summed E-state index contributed by atoms with van der Waals surface area (Å²) in [5.41, 5.74) is 3.05. The molecule has 0 unspecified atom stereocenters. The fourth-order valence-electron chi connectivity index (χ4n) is 2.04. The predicted octanol–water partition coefficient (Wildman–Crippen LogP) is 1.64. The lowest BCUT2D eigenvalue weighted by Crippen LogP contribution is -2.27. The Morgan fingerprint density at radius 3 is 3.00 bits per heavy atom. The zero-order chi connectivity index (χ0) is 13.8. The van der Waals surface area contributed by atoms with E-state index < -0.39 is 0 Å². The highest BCUT2D eigenvalue weighted by molar-refractivity contribution is 5.71. The summed E-state index contributed by atoms with van der Waals surface area (Å²) in [7, 11) is 1.88. The minimum absolute atomic E-state index is 0.204. The Morgan fingerprint density at radius 2 is 2.32 bits per heavy atom. The number of imidazole rings is 1. The molecule has 0 aromatic carbocycles. The van der Waals surface area contributed by atoms with Gasteiger partial charge in [-0.1, -0.05) is 6.07 Å². The fraction of sp³-hybridized carbons (Fsp3) is 0.429. The molecule has 0 radical (unpaired) electrons. The van der Waals surface area contributed by atoms with Crippen LogP contribution in [0.2, 0.25) is 0 Å². The van der Waals surface area contributed by atoms with E-state index in [1.807, 2.05) is 54.7 Å². The first-order chi connectivity index (χ1) is 9.10. The summed E-state index contributed by atoms with van der Waals surface area (Å²) in [6, 6.07) is 4.03. The highest BCUT2D eigenvalue weighted by Gasteiger charge is 2.10. The van der Waals surface area contributed by atoms with Gasteiger partial charge in [-0.2, -0.15) is 0 Å². The van der Waals surface area contributed by atoms with Crippen molar-refractivity contribution < 1.29 is 9.53 Å². The first kappa shape index (κ1) is 13.5. The quantitative estimate of drug-likeness (QED) is 0.768. The van der Waals surface area contributed by atoms with Gasteiger partial charge in [0.05, 0.1) is 18.8 Å². The molecular weight excluding hydrogens is 242 g/mol. The Morgan fingerprint density at radius 1 is 1.53 bits per heavy atom. The third-order valence-corrected chi connectivity index (χ3v) is 2.86. The number of hydrogen-bond donors (Lipinski definition) is 0. The number of nitrogens with zero attached hydrogens (tertiary/aromatic N) is 3. The number of rotatable bonds is 5.